The lowest BCUT2D eigenvalue weighted by Crippen LogP contribution is -2.37. The van der Waals surface area contributed by atoms with Gasteiger partial charge in [-0.05, 0) is 122 Å². The highest BCUT2D eigenvalue weighted by Crippen LogP contribution is 2.43. The first-order valence-corrected chi connectivity index (χ1v) is 35.1. The molecule has 2 atom stereocenters. The smallest absolute Gasteiger partial charge is 0.462 e. The maximum absolute atomic E-state index is 12.9. The third kappa shape index (κ3) is 67.0. The molecule has 0 saturated heterocycles. The fraction of sp³-hybridized carbons (Fsp3) is 0.649. The monoisotopic (exact) mass is 1190 g/mol. The van der Waals surface area contributed by atoms with E-state index in [-0.39, 0.29) is 32.0 Å². The van der Waals surface area contributed by atoms with Gasteiger partial charge in [0.1, 0.15) is 19.8 Å². The molecule has 0 aliphatic rings. The molecule has 0 aromatic heterocycles. The van der Waals surface area contributed by atoms with Crippen LogP contribution in [0, 0.1) is 0 Å². The summed E-state index contributed by atoms with van der Waals surface area (Å²) in [5, 5.41) is 0. The highest BCUT2D eigenvalue weighted by atomic mass is 31.2. The molecule has 1 N–H and O–H groups in total. The standard InChI is InChI=1S/C74H124NO8P/c1-6-8-10-12-14-16-18-20-22-24-26-28-30-32-33-34-35-36-37-38-39-40-41-43-45-47-49-51-53-55-57-59-61-63-65-67-74(77)83-72(71-82-84(78,79)81-69-68-75(3,4)5)70-80-73(76)66-64-62-60-58-56-54-52-50-48-46-44-42-31-29-27-25-23-21-19-17-15-13-11-9-7-2/h8,10,14,16,19-22,25-28,32-33,35-36,38-39,41,43,47,49,53,55,72H,6-7,9,11-13,15,17-18,23-24,29-31,34,37,40,42,44-46,48,50-52,54,56-71H2,1-5H3/p+1/b10-8-,16-14-,21-19-,22-20-,27-25-,28-26-,33-32-,36-35-,39-38-,43-41-,49-47-,55-53-. The Bertz CT molecular complexity index is 1930. The molecule has 84 heavy (non-hydrogen) atoms. The highest BCUT2D eigenvalue weighted by Gasteiger charge is 2.27. The molecular formula is C74H125NO8P+. The van der Waals surface area contributed by atoms with Crippen molar-refractivity contribution in [3.8, 4) is 0 Å². The van der Waals surface area contributed by atoms with Crippen LogP contribution in [0.25, 0.3) is 0 Å². The van der Waals surface area contributed by atoms with Gasteiger partial charge in [-0.3, -0.25) is 18.6 Å². The Hall–Kier alpha value is -4.11. The molecule has 0 aromatic carbocycles. The van der Waals surface area contributed by atoms with E-state index in [2.05, 4.69) is 160 Å². The van der Waals surface area contributed by atoms with E-state index in [0.717, 1.165) is 116 Å². The van der Waals surface area contributed by atoms with Crippen LogP contribution in [-0.2, 0) is 32.7 Å². The van der Waals surface area contributed by atoms with Gasteiger partial charge in [0.05, 0.1) is 27.7 Å². The number of unbranched alkanes of at least 4 members (excludes halogenated alkanes) is 22. The second kappa shape index (κ2) is 63.4. The number of hydrogen-bond acceptors (Lipinski definition) is 7. The van der Waals surface area contributed by atoms with Crippen molar-refractivity contribution in [3.05, 3.63) is 146 Å². The fourth-order valence-corrected chi connectivity index (χ4v) is 9.46. The van der Waals surface area contributed by atoms with Crippen LogP contribution < -0.4 is 0 Å². The summed E-state index contributed by atoms with van der Waals surface area (Å²) in [5.74, 6) is -0.833. The van der Waals surface area contributed by atoms with Crippen LogP contribution in [0.4, 0.5) is 0 Å². The zero-order valence-corrected chi connectivity index (χ0v) is 55.2. The van der Waals surface area contributed by atoms with E-state index in [4.69, 9.17) is 18.5 Å². The van der Waals surface area contributed by atoms with Crippen molar-refractivity contribution in [1.82, 2.24) is 0 Å². The minimum absolute atomic E-state index is 0.0188. The van der Waals surface area contributed by atoms with Crippen LogP contribution in [0.15, 0.2) is 146 Å². The van der Waals surface area contributed by atoms with Gasteiger partial charge in [-0.2, -0.15) is 0 Å². The number of nitrogens with zero attached hydrogens (tertiary/aromatic N) is 1. The molecule has 0 aromatic rings. The second-order valence-electron chi connectivity index (χ2n) is 23.1. The van der Waals surface area contributed by atoms with Crippen molar-refractivity contribution in [2.24, 2.45) is 0 Å². The number of carbonyl (C=O) groups excluding carboxylic acids is 2. The molecule has 2 unspecified atom stereocenters. The summed E-state index contributed by atoms with van der Waals surface area (Å²) >= 11 is 0. The van der Waals surface area contributed by atoms with Crippen molar-refractivity contribution in [2.45, 2.75) is 264 Å². The lowest BCUT2D eigenvalue weighted by Gasteiger charge is -2.24. The van der Waals surface area contributed by atoms with Gasteiger partial charge in [0.15, 0.2) is 6.10 Å². The maximum atomic E-state index is 12.9. The summed E-state index contributed by atoms with van der Waals surface area (Å²) in [6.07, 6.45) is 93.6. The quantitative estimate of drug-likeness (QED) is 0.0211. The predicted octanol–water partition coefficient (Wildman–Crippen LogP) is 21.8. The van der Waals surface area contributed by atoms with Gasteiger partial charge in [0, 0.05) is 12.8 Å². The largest absolute Gasteiger partial charge is 0.472 e. The predicted molar refractivity (Wildman–Crippen MR) is 362 cm³/mol. The van der Waals surface area contributed by atoms with Gasteiger partial charge in [-0.25, -0.2) is 4.57 Å². The molecule has 0 radical (unpaired) electrons. The van der Waals surface area contributed by atoms with Gasteiger partial charge < -0.3 is 18.9 Å². The van der Waals surface area contributed by atoms with E-state index in [1.807, 2.05) is 21.1 Å². The van der Waals surface area contributed by atoms with Gasteiger partial charge in [-0.15, -0.1) is 0 Å². The Morgan fingerprint density at radius 3 is 1.01 bits per heavy atom. The first-order valence-electron chi connectivity index (χ1n) is 33.6. The first kappa shape index (κ1) is 79.9. The lowest BCUT2D eigenvalue weighted by molar-refractivity contribution is -0.870. The van der Waals surface area contributed by atoms with Gasteiger partial charge >= 0.3 is 19.8 Å². The fourth-order valence-electron chi connectivity index (χ4n) is 8.72. The van der Waals surface area contributed by atoms with Gasteiger partial charge in [0.2, 0.25) is 0 Å². The molecule has 9 nitrogen and oxygen atoms in total. The molecular weight excluding hydrogens is 1060 g/mol. The van der Waals surface area contributed by atoms with E-state index in [1.54, 1.807) is 0 Å². The molecule has 0 amide bonds. The molecule has 0 bridgehead atoms. The summed E-state index contributed by atoms with van der Waals surface area (Å²) in [6.45, 7) is 4.28. The number of quaternary nitrogens is 1. The minimum Gasteiger partial charge on any atom is -0.462 e. The summed E-state index contributed by atoms with van der Waals surface area (Å²) in [7, 11) is 1.44. The number of rotatable bonds is 60. The number of ether oxygens (including phenoxy) is 2. The number of phosphoric ester groups is 1. The van der Waals surface area contributed by atoms with Crippen molar-refractivity contribution in [1.29, 1.82) is 0 Å². The Morgan fingerprint density at radius 1 is 0.381 bits per heavy atom. The maximum Gasteiger partial charge on any atom is 0.472 e. The Morgan fingerprint density at radius 2 is 0.679 bits per heavy atom. The Labute approximate surface area is 516 Å². The molecule has 10 heteroatoms. The Balaban J connectivity index is 4.20. The van der Waals surface area contributed by atoms with Gasteiger partial charge in [-0.1, -0.05) is 269 Å². The second-order valence-corrected chi connectivity index (χ2v) is 24.6. The van der Waals surface area contributed by atoms with Crippen molar-refractivity contribution in [3.63, 3.8) is 0 Å². The van der Waals surface area contributed by atoms with Crippen LogP contribution in [0.2, 0.25) is 0 Å². The summed E-state index contributed by atoms with van der Waals surface area (Å²) in [6, 6.07) is 0. The molecule has 0 heterocycles. The number of carbonyl (C=O) groups is 2. The van der Waals surface area contributed by atoms with Crippen LogP contribution in [-0.4, -0.2) is 74.9 Å². The zero-order valence-electron chi connectivity index (χ0n) is 54.3. The molecule has 0 saturated carbocycles. The number of esters is 2. The van der Waals surface area contributed by atoms with Crippen LogP contribution >= 0.6 is 7.82 Å². The molecule has 0 fully saturated rings. The molecule has 0 aliphatic heterocycles. The summed E-state index contributed by atoms with van der Waals surface area (Å²) in [4.78, 5) is 35.8. The summed E-state index contributed by atoms with van der Waals surface area (Å²) in [5.41, 5.74) is 0. The highest BCUT2D eigenvalue weighted by molar-refractivity contribution is 7.47. The lowest BCUT2D eigenvalue weighted by atomic mass is 10.0. The average molecular weight is 1190 g/mol. The summed E-state index contributed by atoms with van der Waals surface area (Å²) < 4.78 is 34.6. The normalized spacial score (nSPS) is 14.1. The van der Waals surface area contributed by atoms with E-state index in [9.17, 15) is 19.0 Å². The number of hydrogen-bond donors (Lipinski definition) is 1. The van der Waals surface area contributed by atoms with Gasteiger partial charge in [0.25, 0.3) is 0 Å². The zero-order chi connectivity index (χ0) is 61.2. The number of phosphoric acid groups is 1. The van der Waals surface area contributed by atoms with Crippen LogP contribution in [0.3, 0.4) is 0 Å². The van der Waals surface area contributed by atoms with Crippen molar-refractivity contribution < 1.29 is 42.1 Å². The van der Waals surface area contributed by atoms with Crippen molar-refractivity contribution in [2.75, 3.05) is 47.5 Å². The Kier molecular flexibility index (Phi) is 60.3. The van der Waals surface area contributed by atoms with E-state index in [1.165, 1.54) is 109 Å². The molecule has 0 spiro atoms. The molecule has 0 aliphatic carbocycles. The van der Waals surface area contributed by atoms with E-state index >= 15 is 0 Å². The van der Waals surface area contributed by atoms with E-state index < -0.39 is 26.5 Å². The first-order chi connectivity index (χ1) is 41.0. The van der Waals surface area contributed by atoms with Crippen molar-refractivity contribution >= 4 is 19.8 Å². The third-order valence-electron chi connectivity index (χ3n) is 13.9. The van der Waals surface area contributed by atoms with Crippen LogP contribution in [0.1, 0.15) is 258 Å². The molecule has 0 rings (SSSR count). The topological polar surface area (TPSA) is 108 Å². The average Bonchev–Trinajstić information content (AvgIpc) is 3.61. The SMILES string of the molecule is CC/C=C\C/C=C\C/C=C\C/C=C\C/C=C\C/C=C\C/C=C\C/C=C\C/C=C\C/C=C\CCCCCCC(=O)OC(COC(=O)CCCCCCCCCCCCCCC/C=C\C/C=C\CCCCCCC)COP(=O)(O)OCC[N+](C)(C)C. The van der Waals surface area contributed by atoms with Crippen LogP contribution in [0.5, 0.6) is 0 Å². The number of allylic oxidation sites excluding steroid dienone is 24. The third-order valence-corrected chi connectivity index (χ3v) is 14.8. The number of likely N-dealkylation sites (N-methyl/N-ethyl adjacent to an activating group) is 1. The minimum atomic E-state index is -4.41. The molecule has 478 valence electrons. The van der Waals surface area contributed by atoms with E-state index in [0.29, 0.717) is 17.4 Å².